The summed E-state index contributed by atoms with van der Waals surface area (Å²) in [6.07, 6.45) is 1.97. The average molecular weight is 270 g/mol. The molecule has 0 fully saturated rings. The second-order valence-electron chi connectivity index (χ2n) is 3.82. The maximum absolute atomic E-state index is 5.41. The predicted molar refractivity (Wildman–Crippen MR) is 71.8 cm³/mol. The van der Waals surface area contributed by atoms with E-state index in [2.05, 4.69) is 34.1 Å². The minimum Gasteiger partial charge on any atom is -0.467 e. The summed E-state index contributed by atoms with van der Waals surface area (Å²) in [6, 6.07) is 0.476. The Bertz CT molecular complexity index is 363. The molecule has 7 heteroatoms. The monoisotopic (exact) mass is 270 g/mol. The Morgan fingerprint density at radius 1 is 0.947 bits per heavy atom. The van der Waals surface area contributed by atoms with E-state index in [0.29, 0.717) is 19.2 Å². The van der Waals surface area contributed by atoms with Gasteiger partial charge in [-0.25, -0.2) is 0 Å². The SMILES string of the molecule is CCCNc1nc(OC)nc(OCCOCCC)n1. The van der Waals surface area contributed by atoms with Crippen molar-refractivity contribution in [3.63, 3.8) is 0 Å². The molecule has 0 atom stereocenters. The fourth-order valence-electron chi connectivity index (χ4n) is 1.25. The highest BCUT2D eigenvalue weighted by Crippen LogP contribution is 2.12. The normalized spacial score (nSPS) is 10.3. The van der Waals surface area contributed by atoms with Gasteiger partial charge in [0.2, 0.25) is 5.95 Å². The lowest BCUT2D eigenvalue weighted by Gasteiger charge is -2.08. The Labute approximate surface area is 113 Å². The van der Waals surface area contributed by atoms with Crippen molar-refractivity contribution in [3.05, 3.63) is 0 Å². The van der Waals surface area contributed by atoms with Crippen molar-refractivity contribution in [2.75, 3.05) is 38.8 Å². The smallest absolute Gasteiger partial charge is 0.324 e. The Hall–Kier alpha value is -1.63. The number of anilines is 1. The molecule has 0 spiro atoms. The van der Waals surface area contributed by atoms with Crippen LogP contribution in [-0.2, 0) is 4.74 Å². The first-order valence-electron chi connectivity index (χ1n) is 6.54. The van der Waals surface area contributed by atoms with Crippen LogP contribution in [0.2, 0.25) is 0 Å². The lowest BCUT2D eigenvalue weighted by atomic mass is 10.5. The van der Waals surface area contributed by atoms with E-state index in [0.717, 1.165) is 26.0 Å². The van der Waals surface area contributed by atoms with E-state index in [9.17, 15) is 0 Å². The van der Waals surface area contributed by atoms with Crippen LogP contribution >= 0.6 is 0 Å². The first kappa shape index (κ1) is 15.4. The minimum atomic E-state index is 0.234. The number of nitrogens with zero attached hydrogens (tertiary/aromatic N) is 3. The summed E-state index contributed by atoms with van der Waals surface area (Å²) in [6.45, 7) is 6.55. The summed E-state index contributed by atoms with van der Waals surface area (Å²) in [5.74, 6) is 0.457. The summed E-state index contributed by atoms with van der Waals surface area (Å²) in [7, 11) is 1.51. The zero-order valence-electron chi connectivity index (χ0n) is 11.8. The Morgan fingerprint density at radius 3 is 2.42 bits per heavy atom. The number of nitrogens with one attached hydrogen (secondary N) is 1. The summed E-state index contributed by atoms with van der Waals surface area (Å²) in [5, 5.41) is 3.07. The van der Waals surface area contributed by atoms with Crippen LogP contribution in [0.4, 0.5) is 5.95 Å². The molecule has 19 heavy (non-hydrogen) atoms. The fraction of sp³-hybridized carbons (Fsp3) is 0.750. The van der Waals surface area contributed by atoms with Crippen LogP contribution in [-0.4, -0.2) is 48.4 Å². The molecule has 0 radical (unpaired) electrons. The van der Waals surface area contributed by atoms with E-state index in [1.165, 1.54) is 7.11 Å². The summed E-state index contributed by atoms with van der Waals surface area (Å²) >= 11 is 0. The van der Waals surface area contributed by atoms with Crippen molar-refractivity contribution in [1.29, 1.82) is 0 Å². The van der Waals surface area contributed by atoms with Crippen LogP contribution in [0.25, 0.3) is 0 Å². The van der Waals surface area contributed by atoms with Crippen molar-refractivity contribution in [2.24, 2.45) is 0 Å². The first-order valence-corrected chi connectivity index (χ1v) is 6.54. The van der Waals surface area contributed by atoms with Crippen molar-refractivity contribution in [2.45, 2.75) is 26.7 Å². The lowest BCUT2D eigenvalue weighted by molar-refractivity contribution is 0.0968. The molecule has 1 N–H and O–H groups in total. The molecular formula is C12H22N4O3. The molecule has 0 unspecified atom stereocenters. The van der Waals surface area contributed by atoms with Gasteiger partial charge in [0.1, 0.15) is 6.61 Å². The van der Waals surface area contributed by atoms with Crippen LogP contribution in [0.15, 0.2) is 0 Å². The number of hydrogen-bond donors (Lipinski definition) is 1. The summed E-state index contributed by atoms with van der Waals surface area (Å²) < 4.78 is 15.7. The molecule has 0 amide bonds. The molecule has 1 aromatic heterocycles. The van der Waals surface area contributed by atoms with Crippen molar-refractivity contribution in [1.82, 2.24) is 15.0 Å². The first-order chi connectivity index (χ1) is 9.30. The van der Waals surface area contributed by atoms with Gasteiger partial charge in [-0.1, -0.05) is 13.8 Å². The Morgan fingerprint density at radius 2 is 1.74 bits per heavy atom. The number of ether oxygens (including phenoxy) is 3. The molecule has 0 aliphatic heterocycles. The largest absolute Gasteiger partial charge is 0.467 e. The van der Waals surface area contributed by atoms with Crippen LogP contribution in [0.3, 0.4) is 0 Å². The average Bonchev–Trinajstić information content (AvgIpc) is 2.44. The number of methoxy groups -OCH3 is 1. The minimum absolute atomic E-state index is 0.234. The highest BCUT2D eigenvalue weighted by Gasteiger charge is 2.07. The van der Waals surface area contributed by atoms with Gasteiger partial charge in [-0.05, 0) is 12.8 Å². The number of rotatable bonds is 10. The van der Waals surface area contributed by atoms with E-state index in [-0.39, 0.29) is 12.0 Å². The number of aromatic nitrogens is 3. The zero-order chi connectivity index (χ0) is 13.9. The van der Waals surface area contributed by atoms with Gasteiger partial charge in [0.25, 0.3) is 0 Å². The molecule has 1 heterocycles. The molecule has 0 saturated heterocycles. The van der Waals surface area contributed by atoms with E-state index >= 15 is 0 Å². The van der Waals surface area contributed by atoms with E-state index in [4.69, 9.17) is 14.2 Å². The molecular weight excluding hydrogens is 248 g/mol. The van der Waals surface area contributed by atoms with Gasteiger partial charge >= 0.3 is 12.0 Å². The highest BCUT2D eigenvalue weighted by atomic mass is 16.5. The van der Waals surface area contributed by atoms with Crippen LogP contribution < -0.4 is 14.8 Å². The molecule has 108 valence electrons. The lowest BCUT2D eigenvalue weighted by Crippen LogP contribution is -2.12. The van der Waals surface area contributed by atoms with Gasteiger partial charge in [-0.15, -0.1) is 4.98 Å². The van der Waals surface area contributed by atoms with Gasteiger partial charge in [0, 0.05) is 13.2 Å². The van der Waals surface area contributed by atoms with E-state index < -0.39 is 0 Å². The van der Waals surface area contributed by atoms with Crippen molar-refractivity contribution < 1.29 is 14.2 Å². The van der Waals surface area contributed by atoms with Crippen molar-refractivity contribution in [3.8, 4) is 12.0 Å². The van der Waals surface area contributed by atoms with Crippen LogP contribution in [0.5, 0.6) is 12.0 Å². The topological polar surface area (TPSA) is 78.4 Å². The van der Waals surface area contributed by atoms with E-state index in [1.54, 1.807) is 0 Å². The van der Waals surface area contributed by atoms with Crippen LogP contribution in [0.1, 0.15) is 26.7 Å². The quantitative estimate of drug-likeness (QED) is 0.645. The van der Waals surface area contributed by atoms with Gasteiger partial charge in [0.05, 0.1) is 13.7 Å². The fourth-order valence-corrected chi connectivity index (χ4v) is 1.25. The second-order valence-corrected chi connectivity index (χ2v) is 3.82. The Kier molecular flexibility index (Phi) is 7.57. The Balaban J connectivity index is 2.50. The number of hydrogen-bond acceptors (Lipinski definition) is 7. The zero-order valence-corrected chi connectivity index (χ0v) is 11.8. The third kappa shape index (κ3) is 6.19. The highest BCUT2D eigenvalue weighted by molar-refractivity contribution is 5.27. The summed E-state index contributed by atoms with van der Waals surface area (Å²) in [5.41, 5.74) is 0. The van der Waals surface area contributed by atoms with Gasteiger partial charge in [0.15, 0.2) is 0 Å². The molecule has 0 saturated carbocycles. The molecule has 0 aliphatic rings. The van der Waals surface area contributed by atoms with Gasteiger partial charge in [-0.2, -0.15) is 9.97 Å². The molecule has 7 nitrogen and oxygen atoms in total. The van der Waals surface area contributed by atoms with Gasteiger partial charge in [-0.3, -0.25) is 0 Å². The molecule has 0 aliphatic carbocycles. The second kappa shape index (κ2) is 9.32. The van der Waals surface area contributed by atoms with Crippen molar-refractivity contribution >= 4 is 5.95 Å². The molecule has 0 bridgehead atoms. The molecule has 1 aromatic rings. The standard InChI is InChI=1S/C12H22N4O3/c1-4-6-13-10-14-11(17-3)16-12(15-10)19-9-8-18-7-5-2/h4-9H2,1-3H3,(H,13,14,15,16). The van der Waals surface area contributed by atoms with E-state index in [1.807, 2.05) is 0 Å². The molecule has 1 rings (SSSR count). The summed E-state index contributed by atoms with van der Waals surface area (Å²) in [4.78, 5) is 12.2. The molecule has 0 aromatic carbocycles. The maximum Gasteiger partial charge on any atom is 0.324 e. The van der Waals surface area contributed by atoms with Crippen LogP contribution in [0, 0.1) is 0 Å². The third-order valence-corrected chi connectivity index (χ3v) is 2.12. The van der Waals surface area contributed by atoms with Gasteiger partial charge < -0.3 is 19.5 Å². The predicted octanol–water partition coefficient (Wildman–Crippen LogP) is 1.51. The third-order valence-electron chi connectivity index (χ3n) is 2.12. The maximum atomic E-state index is 5.41.